The number of ether oxygens (including phenoxy) is 1. The topological polar surface area (TPSA) is 79.8 Å². The molecule has 0 spiro atoms. The van der Waals surface area contributed by atoms with Crippen molar-refractivity contribution < 1.29 is 14.3 Å². The first kappa shape index (κ1) is 18.8. The number of carbonyl (C=O) groups excluding carboxylic acids is 2. The number of nitrogens with one attached hydrogen (secondary N) is 2. The van der Waals surface area contributed by atoms with Gasteiger partial charge in [-0.2, -0.15) is 5.10 Å². The highest BCUT2D eigenvalue weighted by Crippen LogP contribution is 2.11. The van der Waals surface area contributed by atoms with Crippen LogP contribution in [0.3, 0.4) is 0 Å². The van der Waals surface area contributed by atoms with E-state index in [-0.39, 0.29) is 18.4 Å². The molecular weight excluding hydrogens is 354 g/mol. The maximum absolute atomic E-state index is 11.9. The van der Waals surface area contributed by atoms with Crippen molar-refractivity contribution in [2.75, 3.05) is 11.9 Å². The SMILES string of the molecule is O=C(COc1ccc(/C=N/NC(=O)c2ccccc2)cc1)Nc1ccccc1. The Morgan fingerprint density at radius 2 is 1.50 bits per heavy atom. The van der Waals surface area contributed by atoms with E-state index in [1.54, 1.807) is 48.5 Å². The molecule has 28 heavy (non-hydrogen) atoms. The molecule has 2 N–H and O–H groups in total. The van der Waals surface area contributed by atoms with Gasteiger partial charge in [0.2, 0.25) is 0 Å². The average molecular weight is 373 g/mol. The molecule has 3 rings (SSSR count). The minimum absolute atomic E-state index is 0.0878. The van der Waals surface area contributed by atoms with E-state index in [9.17, 15) is 9.59 Å². The summed E-state index contributed by atoms with van der Waals surface area (Å²) in [6.07, 6.45) is 1.53. The highest BCUT2D eigenvalue weighted by atomic mass is 16.5. The third-order valence-corrected chi connectivity index (χ3v) is 3.72. The minimum Gasteiger partial charge on any atom is -0.484 e. The van der Waals surface area contributed by atoms with E-state index in [2.05, 4.69) is 15.8 Å². The molecule has 0 radical (unpaired) electrons. The van der Waals surface area contributed by atoms with Crippen molar-refractivity contribution in [3.8, 4) is 5.75 Å². The maximum atomic E-state index is 11.9. The third kappa shape index (κ3) is 5.81. The van der Waals surface area contributed by atoms with Crippen molar-refractivity contribution in [3.63, 3.8) is 0 Å². The molecule has 0 aliphatic rings. The smallest absolute Gasteiger partial charge is 0.271 e. The van der Waals surface area contributed by atoms with Crippen LogP contribution in [0.4, 0.5) is 5.69 Å². The Kier molecular flexibility index (Phi) is 6.52. The van der Waals surface area contributed by atoms with Crippen molar-refractivity contribution in [1.29, 1.82) is 0 Å². The lowest BCUT2D eigenvalue weighted by atomic mass is 10.2. The molecule has 0 heterocycles. The summed E-state index contributed by atoms with van der Waals surface area (Å²) >= 11 is 0. The van der Waals surface area contributed by atoms with Crippen LogP contribution < -0.4 is 15.5 Å². The van der Waals surface area contributed by atoms with Crippen LogP contribution in [0.5, 0.6) is 5.75 Å². The van der Waals surface area contributed by atoms with Gasteiger partial charge < -0.3 is 10.1 Å². The molecule has 140 valence electrons. The largest absolute Gasteiger partial charge is 0.484 e. The van der Waals surface area contributed by atoms with Gasteiger partial charge in [-0.3, -0.25) is 9.59 Å². The van der Waals surface area contributed by atoms with Gasteiger partial charge >= 0.3 is 0 Å². The normalized spacial score (nSPS) is 10.4. The van der Waals surface area contributed by atoms with E-state index >= 15 is 0 Å². The lowest BCUT2D eigenvalue weighted by molar-refractivity contribution is -0.118. The monoisotopic (exact) mass is 373 g/mol. The Morgan fingerprint density at radius 1 is 0.857 bits per heavy atom. The van der Waals surface area contributed by atoms with Crippen LogP contribution in [0, 0.1) is 0 Å². The first-order valence-electron chi connectivity index (χ1n) is 8.67. The van der Waals surface area contributed by atoms with Crippen LogP contribution in [-0.4, -0.2) is 24.6 Å². The van der Waals surface area contributed by atoms with Crippen molar-refractivity contribution in [1.82, 2.24) is 5.43 Å². The van der Waals surface area contributed by atoms with E-state index in [4.69, 9.17) is 4.74 Å². The second kappa shape index (κ2) is 9.68. The Balaban J connectivity index is 1.45. The molecule has 6 nitrogen and oxygen atoms in total. The number of amides is 2. The first-order chi connectivity index (χ1) is 13.7. The van der Waals surface area contributed by atoms with Gasteiger partial charge in [-0.15, -0.1) is 0 Å². The number of rotatable bonds is 7. The molecule has 0 unspecified atom stereocenters. The van der Waals surface area contributed by atoms with E-state index in [1.807, 2.05) is 36.4 Å². The van der Waals surface area contributed by atoms with Gasteiger partial charge in [-0.25, -0.2) is 5.43 Å². The summed E-state index contributed by atoms with van der Waals surface area (Å²) in [5.41, 5.74) is 4.52. The van der Waals surface area contributed by atoms with Gasteiger partial charge in [0.05, 0.1) is 6.21 Å². The average Bonchev–Trinajstić information content (AvgIpc) is 2.74. The predicted octanol–water partition coefficient (Wildman–Crippen LogP) is 3.47. The summed E-state index contributed by atoms with van der Waals surface area (Å²) in [5.74, 6) is 0.0513. The minimum atomic E-state index is -0.277. The van der Waals surface area contributed by atoms with Crippen molar-refractivity contribution >= 4 is 23.7 Å². The van der Waals surface area contributed by atoms with E-state index in [1.165, 1.54) is 6.21 Å². The molecule has 3 aromatic carbocycles. The second-order valence-corrected chi connectivity index (χ2v) is 5.84. The van der Waals surface area contributed by atoms with E-state index in [0.29, 0.717) is 11.3 Å². The lowest BCUT2D eigenvalue weighted by Gasteiger charge is -2.07. The number of para-hydroxylation sites is 1. The van der Waals surface area contributed by atoms with E-state index in [0.717, 1.165) is 11.3 Å². The molecule has 0 bridgehead atoms. The van der Waals surface area contributed by atoms with Crippen molar-refractivity contribution in [3.05, 3.63) is 96.1 Å². The Labute approximate surface area is 162 Å². The molecule has 0 aliphatic heterocycles. The zero-order valence-corrected chi connectivity index (χ0v) is 15.0. The van der Waals surface area contributed by atoms with Crippen LogP contribution in [0.25, 0.3) is 0 Å². The summed E-state index contributed by atoms with van der Waals surface area (Å²) in [6, 6.07) is 25.1. The molecule has 0 saturated heterocycles. The van der Waals surface area contributed by atoms with Gasteiger partial charge in [0, 0.05) is 11.3 Å². The van der Waals surface area contributed by atoms with Gasteiger partial charge in [0.25, 0.3) is 11.8 Å². The first-order valence-corrected chi connectivity index (χ1v) is 8.67. The third-order valence-electron chi connectivity index (χ3n) is 3.72. The van der Waals surface area contributed by atoms with Gasteiger partial charge in [-0.1, -0.05) is 36.4 Å². The molecule has 0 fully saturated rings. The lowest BCUT2D eigenvalue weighted by Crippen LogP contribution is -2.20. The van der Waals surface area contributed by atoms with Crippen LogP contribution in [0.1, 0.15) is 15.9 Å². The number of benzene rings is 3. The quantitative estimate of drug-likeness (QED) is 0.492. The molecule has 6 heteroatoms. The molecule has 0 saturated carbocycles. The number of anilines is 1. The van der Waals surface area contributed by atoms with Crippen LogP contribution >= 0.6 is 0 Å². The molecule has 0 atom stereocenters. The Bertz CT molecular complexity index is 940. The fourth-order valence-corrected chi connectivity index (χ4v) is 2.34. The van der Waals surface area contributed by atoms with Crippen molar-refractivity contribution in [2.24, 2.45) is 5.10 Å². The maximum Gasteiger partial charge on any atom is 0.271 e. The summed E-state index contributed by atoms with van der Waals surface area (Å²) in [7, 11) is 0. The fourth-order valence-electron chi connectivity index (χ4n) is 2.34. The zero-order chi connectivity index (χ0) is 19.6. The Hall–Kier alpha value is -3.93. The van der Waals surface area contributed by atoms with Gasteiger partial charge in [0.15, 0.2) is 6.61 Å². The second-order valence-electron chi connectivity index (χ2n) is 5.84. The number of carbonyl (C=O) groups is 2. The number of hydrogen-bond donors (Lipinski definition) is 2. The standard InChI is InChI=1S/C22H19N3O3/c26-21(24-19-9-5-2-6-10-19)16-28-20-13-11-17(12-14-20)15-23-25-22(27)18-7-3-1-4-8-18/h1-15H,16H2,(H,24,26)(H,25,27)/b23-15+. The summed E-state index contributed by atoms with van der Waals surface area (Å²) < 4.78 is 5.47. The van der Waals surface area contributed by atoms with E-state index < -0.39 is 0 Å². The van der Waals surface area contributed by atoms with Crippen molar-refractivity contribution in [2.45, 2.75) is 0 Å². The molecule has 3 aromatic rings. The van der Waals surface area contributed by atoms with Gasteiger partial charge in [-0.05, 0) is 54.1 Å². The van der Waals surface area contributed by atoms with Crippen LogP contribution in [0.2, 0.25) is 0 Å². The highest BCUT2D eigenvalue weighted by molar-refractivity contribution is 5.94. The number of hydrazone groups is 1. The molecule has 0 aromatic heterocycles. The summed E-state index contributed by atoms with van der Waals surface area (Å²) in [6.45, 7) is -0.0878. The van der Waals surface area contributed by atoms with Crippen LogP contribution in [0.15, 0.2) is 90.0 Å². The highest BCUT2D eigenvalue weighted by Gasteiger charge is 2.04. The number of hydrogen-bond acceptors (Lipinski definition) is 4. The molecule has 2 amide bonds. The Morgan fingerprint density at radius 3 is 2.18 bits per heavy atom. The van der Waals surface area contributed by atoms with Crippen LogP contribution in [-0.2, 0) is 4.79 Å². The molecule has 0 aliphatic carbocycles. The summed E-state index contributed by atoms with van der Waals surface area (Å²) in [5, 5.41) is 6.69. The van der Waals surface area contributed by atoms with Gasteiger partial charge in [0.1, 0.15) is 5.75 Å². The summed E-state index contributed by atoms with van der Waals surface area (Å²) in [4.78, 5) is 23.8. The fraction of sp³-hybridized carbons (Fsp3) is 0.0455. The zero-order valence-electron chi connectivity index (χ0n) is 15.0. The molecular formula is C22H19N3O3. The number of nitrogens with zero attached hydrogens (tertiary/aromatic N) is 1. The predicted molar refractivity (Wildman–Crippen MR) is 109 cm³/mol.